The topological polar surface area (TPSA) is 98.7 Å². The standard InChI is InChI=1S/C20H27N3O4S/c1-20(2,3)17-9-5-15(6-10-17)13-21-19(24)23(25)14-16-7-11-18(12-8-16)22-28(4,26)27/h5-12,22,25H,13-14H2,1-4H3,(H,21,24). The molecule has 2 aromatic carbocycles. The Morgan fingerprint density at radius 1 is 1.00 bits per heavy atom. The molecule has 0 radical (unpaired) electrons. The lowest BCUT2D eigenvalue weighted by atomic mass is 9.87. The number of urea groups is 1. The van der Waals surface area contributed by atoms with E-state index in [4.69, 9.17) is 0 Å². The van der Waals surface area contributed by atoms with Gasteiger partial charge in [0.15, 0.2) is 0 Å². The van der Waals surface area contributed by atoms with Crippen LogP contribution in [0.1, 0.15) is 37.5 Å². The summed E-state index contributed by atoms with van der Waals surface area (Å²) in [6, 6.07) is 13.8. The number of rotatable bonds is 6. The number of anilines is 1. The number of amides is 2. The summed E-state index contributed by atoms with van der Waals surface area (Å²) < 4.78 is 24.7. The molecule has 7 nitrogen and oxygen atoms in total. The molecule has 152 valence electrons. The Morgan fingerprint density at radius 2 is 1.54 bits per heavy atom. The first-order chi connectivity index (χ1) is 12.9. The molecule has 0 bridgehead atoms. The summed E-state index contributed by atoms with van der Waals surface area (Å²) in [7, 11) is -3.35. The predicted octanol–water partition coefficient (Wildman–Crippen LogP) is 3.46. The number of hydrogen-bond donors (Lipinski definition) is 3. The maximum atomic E-state index is 12.1. The Morgan fingerprint density at radius 3 is 2.04 bits per heavy atom. The third-order valence-corrected chi connectivity index (χ3v) is 4.69. The van der Waals surface area contributed by atoms with E-state index in [-0.39, 0.29) is 12.0 Å². The minimum Gasteiger partial charge on any atom is -0.332 e. The molecular formula is C20H27N3O4S. The van der Waals surface area contributed by atoms with Crippen LogP contribution in [0.4, 0.5) is 10.5 Å². The first-order valence-electron chi connectivity index (χ1n) is 8.84. The summed E-state index contributed by atoms with van der Waals surface area (Å²) in [5.74, 6) is 0. The molecule has 0 aliphatic heterocycles. The highest BCUT2D eigenvalue weighted by atomic mass is 32.2. The molecule has 0 fully saturated rings. The molecule has 2 amide bonds. The van der Waals surface area contributed by atoms with E-state index in [0.29, 0.717) is 22.9 Å². The van der Waals surface area contributed by atoms with Crippen LogP contribution in [0.3, 0.4) is 0 Å². The van der Waals surface area contributed by atoms with Gasteiger partial charge in [0.25, 0.3) is 0 Å². The first-order valence-corrected chi connectivity index (χ1v) is 10.7. The van der Waals surface area contributed by atoms with Gasteiger partial charge in [-0.15, -0.1) is 0 Å². The zero-order valence-corrected chi connectivity index (χ0v) is 17.4. The number of nitrogens with one attached hydrogen (secondary N) is 2. The number of benzene rings is 2. The van der Waals surface area contributed by atoms with Crippen LogP contribution in [-0.4, -0.2) is 31.0 Å². The van der Waals surface area contributed by atoms with Gasteiger partial charge in [-0.05, 0) is 34.2 Å². The van der Waals surface area contributed by atoms with Gasteiger partial charge < -0.3 is 5.32 Å². The molecule has 0 spiro atoms. The molecule has 0 saturated carbocycles. The van der Waals surface area contributed by atoms with Crippen LogP contribution in [0.15, 0.2) is 48.5 Å². The molecule has 8 heteroatoms. The van der Waals surface area contributed by atoms with Crippen LogP contribution in [0.2, 0.25) is 0 Å². The van der Waals surface area contributed by atoms with Gasteiger partial charge in [0.05, 0.1) is 12.8 Å². The second-order valence-electron chi connectivity index (χ2n) is 7.73. The fourth-order valence-electron chi connectivity index (χ4n) is 2.53. The number of sulfonamides is 1. The molecule has 0 aliphatic carbocycles. The van der Waals surface area contributed by atoms with Crippen molar-refractivity contribution in [3.8, 4) is 0 Å². The number of hydroxylamine groups is 2. The van der Waals surface area contributed by atoms with Gasteiger partial charge in [0.1, 0.15) is 0 Å². The molecular weight excluding hydrogens is 378 g/mol. The molecule has 2 rings (SSSR count). The van der Waals surface area contributed by atoms with Crippen molar-refractivity contribution in [2.24, 2.45) is 0 Å². The van der Waals surface area contributed by atoms with Gasteiger partial charge in [0.2, 0.25) is 10.0 Å². The Labute approximate surface area is 166 Å². The predicted molar refractivity (Wildman–Crippen MR) is 110 cm³/mol. The fraction of sp³-hybridized carbons (Fsp3) is 0.350. The zero-order valence-electron chi connectivity index (χ0n) is 16.6. The maximum Gasteiger partial charge on any atom is 0.341 e. The fourth-order valence-corrected chi connectivity index (χ4v) is 3.09. The van der Waals surface area contributed by atoms with Crippen molar-refractivity contribution in [2.45, 2.75) is 39.3 Å². The summed E-state index contributed by atoms with van der Waals surface area (Å²) in [5.41, 5.74) is 3.28. The molecule has 2 aromatic rings. The SMILES string of the molecule is CC(C)(C)c1ccc(CNC(=O)N(O)Cc2ccc(NS(C)(=O)=O)cc2)cc1. The average Bonchev–Trinajstić information content (AvgIpc) is 2.59. The summed E-state index contributed by atoms with van der Waals surface area (Å²) in [5, 5.41) is 13.2. The molecule has 28 heavy (non-hydrogen) atoms. The number of carbonyl (C=O) groups excluding carboxylic acids is 1. The lowest BCUT2D eigenvalue weighted by Gasteiger charge is -2.19. The highest BCUT2D eigenvalue weighted by Crippen LogP contribution is 2.22. The van der Waals surface area contributed by atoms with Gasteiger partial charge in [0, 0.05) is 12.2 Å². The van der Waals surface area contributed by atoms with Gasteiger partial charge in [-0.25, -0.2) is 18.3 Å². The van der Waals surface area contributed by atoms with Crippen molar-refractivity contribution >= 4 is 21.7 Å². The van der Waals surface area contributed by atoms with Crippen LogP contribution < -0.4 is 10.0 Å². The Bertz CT molecular complexity index is 902. The Hall–Kier alpha value is -2.58. The van der Waals surface area contributed by atoms with Crippen LogP contribution >= 0.6 is 0 Å². The maximum absolute atomic E-state index is 12.1. The highest BCUT2D eigenvalue weighted by Gasteiger charge is 2.14. The third kappa shape index (κ3) is 6.86. The molecule has 0 unspecified atom stereocenters. The zero-order chi connectivity index (χ0) is 20.9. The van der Waals surface area contributed by atoms with Crippen LogP contribution in [0.5, 0.6) is 0 Å². The Kier molecular flexibility index (Phi) is 6.69. The third-order valence-electron chi connectivity index (χ3n) is 4.09. The largest absolute Gasteiger partial charge is 0.341 e. The van der Waals surface area contributed by atoms with E-state index in [9.17, 15) is 18.4 Å². The van der Waals surface area contributed by atoms with Crippen LogP contribution in [0, 0.1) is 0 Å². The number of carbonyl (C=O) groups is 1. The van der Waals surface area contributed by atoms with E-state index in [0.717, 1.165) is 11.8 Å². The van der Waals surface area contributed by atoms with Crippen molar-refractivity contribution < 1.29 is 18.4 Å². The van der Waals surface area contributed by atoms with Crippen LogP contribution in [0.25, 0.3) is 0 Å². The summed E-state index contributed by atoms with van der Waals surface area (Å²) >= 11 is 0. The molecule has 0 aliphatic rings. The minimum atomic E-state index is -3.35. The molecule has 0 atom stereocenters. The lowest BCUT2D eigenvalue weighted by molar-refractivity contribution is -0.0509. The summed E-state index contributed by atoms with van der Waals surface area (Å²) in [4.78, 5) is 12.1. The van der Waals surface area contributed by atoms with Gasteiger partial charge in [-0.2, -0.15) is 0 Å². The highest BCUT2D eigenvalue weighted by molar-refractivity contribution is 7.92. The van der Waals surface area contributed by atoms with E-state index >= 15 is 0 Å². The van der Waals surface area contributed by atoms with Crippen molar-refractivity contribution in [3.63, 3.8) is 0 Å². The monoisotopic (exact) mass is 405 g/mol. The van der Waals surface area contributed by atoms with E-state index in [1.54, 1.807) is 24.3 Å². The summed E-state index contributed by atoms with van der Waals surface area (Å²) in [6.07, 6.45) is 1.07. The minimum absolute atomic E-state index is 0.0199. The quantitative estimate of drug-likeness (QED) is 0.506. The summed E-state index contributed by atoms with van der Waals surface area (Å²) in [6.45, 7) is 6.69. The number of nitrogens with zero attached hydrogens (tertiary/aromatic N) is 1. The molecule has 0 heterocycles. The molecule has 3 N–H and O–H groups in total. The normalized spacial score (nSPS) is 11.8. The van der Waals surface area contributed by atoms with E-state index < -0.39 is 16.1 Å². The Balaban J connectivity index is 1.87. The van der Waals surface area contributed by atoms with Gasteiger partial charge >= 0.3 is 6.03 Å². The molecule has 0 saturated heterocycles. The van der Waals surface area contributed by atoms with E-state index in [1.165, 1.54) is 5.56 Å². The van der Waals surface area contributed by atoms with Crippen molar-refractivity contribution in [1.82, 2.24) is 10.4 Å². The van der Waals surface area contributed by atoms with Crippen molar-refractivity contribution in [3.05, 3.63) is 65.2 Å². The van der Waals surface area contributed by atoms with Crippen molar-refractivity contribution in [2.75, 3.05) is 11.0 Å². The van der Waals surface area contributed by atoms with E-state index in [2.05, 4.69) is 30.8 Å². The average molecular weight is 406 g/mol. The first kappa shape index (κ1) is 21.7. The second kappa shape index (κ2) is 8.62. The van der Waals surface area contributed by atoms with E-state index in [1.807, 2.05) is 24.3 Å². The van der Waals surface area contributed by atoms with Gasteiger partial charge in [-0.3, -0.25) is 9.93 Å². The van der Waals surface area contributed by atoms with Crippen molar-refractivity contribution in [1.29, 1.82) is 0 Å². The smallest absolute Gasteiger partial charge is 0.332 e. The number of hydrogen-bond acceptors (Lipinski definition) is 4. The lowest BCUT2D eigenvalue weighted by Crippen LogP contribution is -2.36. The van der Waals surface area contributed by atoms with Crippen LogP contribution in [-0.2, 0) is 28.5 Å². The van der Waals surface area contributed by atoms with Gasteiger partial charge in [-0.1, -0.05) is 57.2 Å². The molecule has 0 aromatic heterocycles. The second-order valence-corrected chi connectivity index (χ2v) is 9.48.